The highest BCUT2D eigenvalue weighted by molar-refractivity contribution is 5.85. The molecule has 1 rings (SSSR count). The number of hydrogen-bond acceptors (Lipinski definition) is 3. The molecule has 0 saturated carbocycles. The first-order valence-corrected chi connectivity index (χ1v) is 2.83. The Morgan fingerprint density at radius 1 is 1.40 bits per heavy atom. The summed E-state index contributed by atoms with van der Waals surface area (Å²) < 4.78 is 5.05. The van der Waals surface area contributed by atoms with Crippen LogP contribution in [0.5, 0.6) is 0 Å². The highest BCUT2D eigenvalue weighted by Crippen LogP contribution is 2.12. The molecule has 0 radical (unpaired) electrons. The van der Waals surface area contributed by atoms with Crippen LogP contribution in [0.25, 0.3) is 0 Å². The zero-order valence-corrected chi connectivity index (χ0v) is 7.34. The SMILES string of the molecule is Cl.Cl.NCC1(N)CCOC1. The number of hydrogen-bond donors (Lipinski definition) is 2. The van der Waals surface area contributed by atoms with Crippen molar-refractivity contribution in [3.63, 3.8) is 0 Å². The largest absolute Gasteiger partial charge is 0.379 e. The van der Waals surface area contributed by atoms with Crippen molar-refractivity contribution in [3.8, 4) is 0 Å². The average molecular weight is 189 g/mol. The van der Waals surface area contributed by atoms with Crippen LogP contribution < -0.4 is 11.5 Å². The van der Waals surface area contributed by atoms with Crippen LogP contribution in [0.3, 0.4) is 0 Å². The third-order valence-electron chi connectivity index (χ3n) is 1.54. The summed E-state index contributed by atoms with van der Waals surface area (Å²) in [4.78, 5) is 0. The molecule has 10 heavy (non-hydrogen) atoms. The molecule has 4 N–H and O–H groups in total. The van der Waals surface area contributed by atoms with Gasteiger partial charge in [-0.3, -0.25) is 0 Å². The summed E-state index contributed by atoms with van der Waals surface area (Å²) in [6, 6.07) is 0. The number of nitrogens with two attached hydrogens (primary N) is 2. The van der Waals surface area contributed by atoms with Crippen LogP contribution in [0.1, 0.15) is 6.42 Å². The molecule has 5 heteroatoms. The van der Waals surface area contributed by atoms with Gasteiger partial charge in [0.1, 0.15) is 0 Å². The molecule has 1 fully saturated rings. The lowest BCUT2D eigenvalue weighted by Crippen LogP contribution is -2.47. The van der Waals surface area contributed by atoms with Crippen molar-refractivity contribution >= 4 is 24.8 Å². The van der Waals surface area contributed by atoms with E-state index in [1.54, 1.807) is 0 Å². The first kappa shape index (κ1) is 13.1. The number of ether oxygens (including phenoxy) is 1. The van der Waals surface area contributed by atoms with Crippen molar-refractivity contribution in [2.24, 2.45) is 11.5 Å². The molecule has 0 amide bonds. The standard InChI is InChI=1S/C5H12N2O.2ClH/c6-3-5(7)1-2-8-4-5;;/h1-4,6-7H2;2*1H. The summed E-state index contributed by atoms with van der Waals surface area (Å²) in [5.74, 6) is 0. The highest BCUT2D eigenvalue weighted by atomic mass is 35.5. The predicted octanol–water partition coefficient (Wildman–Crippen LogP) is -0.0935. The monoisotopic (exact) mass is 188 g/mol. The van der Waals surface area contributed by atoms with E-state index in [0.717, 1.165) is 13.0 Å². The molecule has 0 aromatic rings. The minimum absolute atomic E-state index is 0. The molecule has 0 bridgehead atoms. The quantitative estimate of drug-likeness (QED) is 0.605. The summed E-state index contributed by atoms with van der Waals surface area (Å²) >= 11 is 0. The van der Waals surface area contributed by atoms with Crippen LogP contribution in [0, 0.1) is 0 Å². The van der Waals surface area contributed by atoms with Crippen molar-refractivity contribution in [2.45, 2.75) is 12.0 Å². The molecule has 64 valence electrons. The highest BCUT2D eigenvalue weighted by Gasteiger charge is 2.28. The molecule has 1 heterocycles. The minimum Gasteiger partial charge on any atom is -0.379 e. The van der Waals surface area contributed by atoms with Crippen LogP contribution in [-0.4, -0.2) is 25.3 Å². The molecule has 1 aliphatic heterocycles. The zero-order valence-electron chi connectivity index (χ0n) is 5.71. The van der Waals surface area contributed by atoms with E-state index in [1.165, 1.54) is 0 Å². The maximum atomic E-state index is 5.71. The summed E-state index contributed by atoms with van der Waals surface area (Å²) in [5, 5.41) is 0. The molecule has 0 aromatic heterocycles. The smallest absolute Gasteiger partial charge is 0.0659 e. The van der Waals surface area contributed by atoms with E-state index in [1.807, 2.05) is 0 Å². The van der Waals surface area contributed by atoms with E-state index in [2.05, 4.69) is 0 Å². The zero-order chi connectivity index (χ0) is 6.04. The van der Waals surface area contributed by atoms with E-state index in [9.17, 15) is 0 Å². The van der Waals surface area contributed by atoms with Gasteiger partial charge in [-0.05, 0) is 6.42 Å². The lowest BCUT2D eigenvalue weighted by Gasteiger charge is -2.17. The van der Waals surface area contributed by atoms with Gasteiger partial charge < -0.3 is 16.2 Å². The summed E-state index contributed by atoms with van der Waals surface area (Å²) in [5.41, 5.74) is 10.9. The van der Waals surface area contributed by atoms with E-state index in [-0.39, 0.29) is 30.4 Å². The van der Waals surface area contributed by atoms with Crippen molar-refractivity contribution in [1.82, 2.24) is 0 Å². The Morgan fingerprint density at radius 3 is 2.20 bits per heavy atom. The topological polar surface area (TPSA) is 61.3 Å². The van der Waals surface area contributed by atoms with Crippen LogP contribution in [-0.2, 0) is 4.74 Å². The van der Waals surface area contributed by atoms with Crippen molar-refractivity contribution in [3.05, 3.63) is 0 Å². The second-order valence-electron chi connectivity index (χ2n) is 2.37. The fourth-order valence-electron chi connectivity index (χ4n) is 0.784. The average Bonchev–Trinajstić information content (AvgIpc) is 2.17. The molecule has 0 spiro atoms. The van der Waals surface area contributed by atoms with E-state index in [4.69, 9.17) is 16.2 Å². The first-order chi connectivity index (χ1) is 3.77. The van der Waals surface area contributed by atoms with Crippen LogP contribution in [0.2, 0.25) is 0 Å². The Hall–Kier alpha value is 0.460. The van der Waals surface area contributed by atoms with Crippen LogP contribution >= 0.6 is 24.8 Å². The molecule has 1 atom stereocenters. The normalized spacial score (nSPS) is 30.6. The van der Waals surface area contributed by atoms with E-state index < -0.39 is 0 Å². The van der Waals surface area contributed by atoms with Gasteiger partial charge in [-0.15, -0.1) is 24.8 Å². The second kappa shape index (κ2) is 5.16. The molecule has 0 aliphatic carbocycles. The summed E-state index contributed by atoms with van der Waals surface area (Å²) in [6.45, 7) is 1.93. The molecule has 3 nitrogen and oxygen atoms in total. The summed E-state index contributed by atoms with van der Waals surface area (Å²) in [7, 11) is 0. The Kier molecular flexibility index (Phi) is 6.74. The number of rotatable bonds is 1. The molecule has 1 saturated heterocycles. The molecule has 0 aromatic carbocycles. The van der Waals surface area contributed by atoms with Crippen molar-refractivity contribution in [2.75, 3.05) is 19.8 Å². The van der Waals surface area contributed by atoms with Crippen molar-refractivity contribution in [1.29, 1.82) is 0 Å². The first-order valence-electron chi connectivity index (χ1n) is 2.83. The van der Waals surface area contributed by atoms with Gasteiger partial charge in [0.25, 0.3) is 0 Å². The van der Waals surface area contributed by atoms with Gasteiger partial charge in [0.2, 0.25) is 0 Å². The van der Waals surface area contributed by atoms with Gasteiger partial charge in [0, 0.05) is 13.2 Å². The third kappa shape index (κ3) is 3.03. The summed E-state index contributed by atoms with van der Waals surface area (Å²) in [6.07, 6.45) is 0.906. The lowest BCUT2D eigenvalue weighted by molar-refractivity contribution is 0.179. The Balaban J connectivity index is 0. The Morgan fingerprint density at radius 2 is 2.00 bits per heavy atom. The maximum Gasteiger partial charge on any atom is 0.0659 e. The van der Waals surface area contributed by atoms with Gasteiger partial charge in [-0.1, -0.05) is 0 Å². The number of halogens is 2. The van der Waals surface area contributed by atoms with Gasteiger partial charge in [0.05, 0.1) is 12.1 Å². The molecule has 1 unspecified atom stereocenters. The molecule has 1 aliphatic rings. The lowest BCUT2D eigenvalue weighted by atomic mass is 10.0. The van der Waals surface area contributed by atoms with Gasteiger partial charge in [-0.25, -0.2) is 0 Å². The minimum atomic E-state index is -0.208. The van der Waals surface area contributed by atoms with Crippen molar-refractivity contribution < 1.29 is 4.74 Å². The van der Waals surface area contributed by atoms with Gasteiger partial charge >= 0.3 is 0 Å². The Bertz CT molecular complexity index is 85.7. The fourth-order valence-corrected chi connectivity index (χ4v) is 0.784. The van der Waals surface area contributed by atoms with Crippen LogP contribution in [0.4, 0.5) is 0 Å². The second-order valence-corrected chi connectivity index (χ2v) is 2.37. The fraction of sp³-hybridized carbons (Fsp3) is 1.00. The maximum absolute atomic E-state index is 5.71. The Labute approximate surface area is 73.3 Å². The third-order valence-corrected chi connectivity index (χ3v) is 1.54. The van der Waals surface area contributed by atoms with E-state index in [0.29, 0.717) is 13.2 Å². The van der Waals surface area contributed by atoms with Gasteiger partial charge in [-0.2, -0.15) is 0 Å². The van der Waals surface area contributed by atoms with Gasteiger partial charge in [0.15, 0.2) is 0 Å². The van der Waals surface area contributed by atoms with Crippen LogP contribution in [0.15, 0.2) is 0 Å². The molecular weight excluding hydrogens is 175 g/mol. The van der Waals surface area contributed by atoms with E-state index >= 15 is 0 Å². The predicted molar refractivity (Wildman–Crippen MR) is 45.9 cm³/mol. The molecular formula is C5H14Cl2N2O.